The summed E-state index contributed by atoms with van der Waals surface area (Å²) >= 11 is 0. The van der Waals surface area contributed by atoms with Crippen molar-refractivity contribution in [2.75, 3.05) is 23.3 Å². The van der Waals surface area contributed by atoms with Crippen LogP contribution < -0.4 is 15.5 Å². The summed E-state index contributed by atoms with van der Waals surface area (Å²) in [5, 5.41) is 5.73. The van der Waals surface area contributed by atoms with E-state index in [0.29, 0.717) is 19.5 Å². The second-order valence-electron chi connectivity index (χ2n) is 6.52. The van der Waals surface area contributed by atoms with Crippen molar-refractivity contribution in [3.8, 4) is 0 Å². The number of amides is 3. The number of hydrogen-bond donors (Lipinski definition) is 2. The molecule has 2 N–H and O–H groups in total. The summed E-state index contributed by atoms with van der Waals surface area (Å²) in [5.74, 6) is -0.222. The number of rotatable bonds is 2. The molecule has 0 spiro atoms. The van der Waals surface area contributed by atoms with Crippen molar-refractivity contribution < 1.29 is 14.4 Å². The molecule has 1 fully saturated rings. The number of hydrogen-bond acceptors (Lipinski definition) is 3. The fraction of sp³-hybridized carbons (Fsp3) is 0.471. The first-order chi connectivity index (χ1) is 10.9. The van der Waals surface area contributed by atoms with Gasteiger partial charge in [0.05, 0.1) is 5.41 Å². The van der Waals surface area contributed by atoms with E-state index in [2.05, 4.69) is 10.6 Å². The Labute approximate surface area is 135 Å². The Balaban J connectivity index is 1.83. The SMILES string of the molecule is CC(=O)N1CCc2c(NC(=O)[C@@]3(C)CCNC(=O)C3)cccc21. The molecule has 3 rings (SSSR count). The number of carbonyl (C=O) groups is 3. The highest BCUT2D eigenvalue weighted by molar-refractivity contribution is 6.01. The van der Waals surface area contributed by atoms with Gasteiger partial charge >= 0.3 is 0 Å². The van der Waals surface area contributed by atoms with E-state index in [4.69, 9.17) is 0 Å². The van der Waals surface area contributed by atoms with Crippen molar-refractivity contribution >= 4 is 29.1 Å². The standard InChI is InChI=1S/C17H21N3O3/c1-11(21)20-9-6-12-13(4-3-5-14(12)20)19-16(23)17(2)7-8-18-15(22)10-17/h3-5H,6-10H2,1-2H3,(H,18,22)(H,19,23)/t17-/m0/s1. The highest BCUT2D eigenvalue weighted by Crippen LogP contribution is 2.36. The van der Waals surface area contributed by atoms with Crippen LogP contribution >= 0.6 is 0 Å². The smallest absolute Gasteiger partial charge is 0.230 e. The fourth-order valence-corrected chi connectivity index (χ4v) is 3.33. The zero-order valence-electron chi connectivity index (χ0n) is 13.4. The summed E-state index contributed by atoms with van der Waals surface area (Å²) in [4.78, 5) is 37.7. The summed E-state index contributed by atoms with van der Waals surface area (Å²) in [6, 6.07) is 5.59. The van der Waals surface area contributed by atoms with Gasteiger partial charge in [-0.1, -0.05) is 13.0 Å². The summed E-state index contributed by atoms with van der Waals surface area (Å²) in [6.07, 6.45) is 1.55. The molecule has 0 aliphatic carbocycles. The molecule has 1 aromatic rings. The van der Waals surface area contributed by atoms with Crippen molar-refractivity contribution in [3.63, 3.8) is 0 Å². The van der Waals surface area contributed by atoms with Gasteiger partial charge in [-0.3, -0.25) is 14.4 Å². The average Bonchev–Trinajstić information content (AvgIpc) is 2.92. The van der Waals surface area contributed by atoms with Crippen LogP contribution in [0, 0.1) is 5.41 Å². The predicted molar refractivity (Wildman–Crippen MR) is 87.2 cm³/mol. The molecule has 1 atom stereocenters. The van der Waals surface area contributed by atoms with E-state index in [1.807, 2.05) is 25.1 Å². The molecular formula is C17H21N3O3. The predicted octanol–water partition coefficient (Wildman–Crippen LogP) is 1.45. The van der Waals surface area contributed by atoms with Crippen LogP contribution in [0.2, 0.25) is 0 Å². The summed E-state index contributed by atoms with van der Waals surface area (Å²) < 4.78 is 0. The van der Waals surface area contributed by atoms with Crippen LogP contribution in [0.15, 0.2) is 18.2 Å². The lowest BCUT2D eigenvalue weighted by molar-refractivity contribution is -0.134. The Bertz CT molecular complexity index is 686. The molecule has 2 heterocycles. The minimum absolute atomic E-state index is 0.00291. The van der Waals surface area contributed by atoms with Crippen LogP contribution in [-0.2, 0) is 20.8 Å². The molecule has 23 heavy (non-hydrogen) atoms. The zero-order chi connectivity index (χ0) is 16.6. The first-order valence-corrected chi connectivity index (χ1v) is 7.89. The molecule has 0 bridgehead atoms. The Morgan fingerprint density at radius 2 is 2.13 bits per heavy atom. The van der Waals surface area contributed by atoms with Gasteiger partial charge in [-0.25, -0.2) is 0 Å². The van der Waals surface area contributed by atoms with Gasteiger partial charge in [0.25, 0.3) is 0 Å². The van der Waals surface area contributed by atoms with E-state index in [1.165, 1.54) is 0 Å². The number of nitrogens with one attached hydrogen (secondary N) is 2. The van der Waals surface area contributed by atoms with Gasteiger partial charge in [-0.15, -0.1) is 0 Å². The molecule has 6 nitrogen and oxygen atoms in total. The van der Waals surface area contributed by atoms with Crippen molar-refractivity contribution in [2.24, 2.45) is 5.41 Å². The topological polar surface area (TPSA) is 78.5 Å². The minimum atomic E-state index is -0.691. The van der Waals surface area contributed by atoms with Crippen molar-refractivity contribution in [1.82, 2.24) is 5.32 Å². The van der Waals surface area contributed by atoms with Gasteiger partial charge in [0.2, 0.25) is 17.7 Å². The molecule has 0 aromatic heterocycles. The lowest BCUT2D eigenvalue weighted by Crippen LogP contribution is -2.45. The molecule has 6 heteroatoms. The Hall–Kier alpha value is -2.37. The quantitative estimate of drug-likeness (QED) is 0.867. The third-order valence-electron chi connectivity index (χ3n) is 4.75. The van der Waals surface area contributed by atoms with E-state index in [1.54, 1.807) is 11.8 Å². The summed E-state index contributed by atoms with van der Waals surface area (Å²) in [6.45, 7) is 4.53. The minimum Gasteiger partial charge on any atom is -0.356 e. The van der Waals surface area contributed by atoms with Gasteiger partial charge in [0, 0.05) is 43.4 Å². The van der Waals surface area contributed by atoms with Gasteiger partial charge in [0.15, 0.2) is 0 Å². The van der Waals surface area contributed by atoms with E-state index in [0.717, 1.165) is 23.4 Å². The molecule has 0 radical (unpaired) electrons. The van der Waals surface area contributed by atoms with Crippen molar-refractivity contribution in [2.45, 2.75) is 33.1 Å². The van der Waals surface area contributed by atoms with Crippen LogP contribution in [0.5, 0.6) is 0 Å². The average molecular weight is 315 g/mol. The first-order valence-electron chi connectivity index (χ1n) is 7.89. The van der Waals surface area contributed by atoms with E-state index in [9.17, 15) is 14.4 Å². The Morgan fingerprint density at radius 1 is 1.35 bits per heavy atom. The Kier molecular flexibility index (Phi) is 3.83. The van der Waals surface area contributed by atoms with Gasteiger partial charge < -0.3 is 15.5 Å². The molecule has 0 saturated carbocycles. The maximum absolute atomic E-state index is 12.7. The zero-order valence-corrected chi connectivity index (χ0v) is 13.4. The maximum Gasteiger partial charge on any atom is 0.230 e. The maximum atomic E-state index is 12.7. The number of anilines is 2. The van der Waals surface area contributed by atoms with Crippen molar-refractivity contribution in [1.29, 1.82) is 0 Å². The lowest BCUT2D eigenvalue weighted by Gasteiger charge is -2.32. The van der Waals surface area contributed by atoms with Crippen molar-refractivity contribution in [3.05, 3.63) is 23.8 Å². The molecule has 2 aliphatic rings. The third kappa shape index (κ3) is 2.81. The largest absolute Gasteiger partial charge is 0.356 e. The monoisotopic (exact) mass is 315 g/mol. The molecule has 3 amide bonds. The molecule has 1 aromatic carbocycles. The van der Waals surface area contributed by atoms with Gasteiger partial charge in [0.1, 0.15) is 0 Å². The van der Waals surface area contributed by atoms with E-state index in [-0.39, 0.29) is 24.1 Å². The number of piperidine rings is 1. The van der Waals surface area contributed by atoms with Crippen LogP contribution in [-0.4, -0.2) is 30.8 Å². The fourth-order valence-electron chi connectivity index (χ4n) is 3.33. The van der Waals surface area contributed by atoms with E-state index >= 15 is 0 Å². The highest BCUT2D eigenvalue weighted by atomic mass is 16.2. The molecular weight excluding hydrogens is 294 g/mol. The number of carbonyl (C=O) groups excluding carboxylic acids is 3. The van der Waals surface area contributed by atoms with Gasteiger partial charge in [-0.05, 0) is 25.0 Å². The lowest BCUT2D eigenvalue weighted by atomic mass is 9.79. The summed E-state index contributed by atoms with van der Waals surface area (Å²) in [5.41, 5.74) is 1.90. The highest BCUT2D eigenvalue weighted by Gasteiger charge is 2.38. The summed E-state index contributed by atoms with van der Waals surface area (Å²) in [7, 11) is 0. The van der Waals surface area contributed by atoms with Crippen LogP contribution in [0.4, 0.5) is 11.4 Å². The van der Waals surface area contributed by atoms with Crippen LogP contribution in [0.25, 0.3) is 0 Å². The van der Waals surface area contributed by atoms with Crippen LogP contribution in [0.3, 0.4) is 0 Å². The molecule has 0 unspecified atom stereocenters. The number of nitrogens with zero attached hydrogens (tertiary/aromatic N) is 1. The second-order valence-corrected chi connectivity index (χ2v) is 6.52. The second kappa shape index (κ2) is 5.68. The normalized spacial score (nSPS) is 23.2. The number of fused-ring (bicyclic) bond motifs is 1. The Morgan fingerprint density at radius 3 is 2.83 bits per heavy atom. The third-order valence-corrected chi connectivity index (χ3v) is 4.75. The van der Waals surface area contributed by atoms with Crippen LogP contribution in [0.1, 0.15) is 32.3 Å². The molecule has 2 aliphatic heterocycles. The molecule has 122 valence electrons. The van der Waals surface area contributed by atoms with E-state index < -0.39 is 5.41 Å². The van der Waals surface area contributed by atoms with Gasteiger partial charge in [-0.2, -0.15) is 0 Å². The first kappa shape index (κ1) is 15.5. The molecule has 1 saturated heterocycles. The number of benzene rings is 1.